The van der Waals surface area contributed by atoms with Crippen LogP contribution in [0.25, 0.3) is 11.1 Å². The lowest BCUT2D eigenvalue weighted by molar-refractivity contribution is -0.118. The van der Waals surface area contributed by atoms with E-state index >= 15 is 0 Å². The Labute approximate surface area is 158 Å². The average Bonchev–Trinajstić information content (AvgIpc) is 3.18. The number of hydrogen-bond acceptors (Lipinski definition) is 3. The predicted molar refractivity (Wildman–Crippen MR) is 104 cm³/mol. The summed E-state index contributed by atoms with van der Waals surface area (Å²) in [5.41, 5.74) is 3.60. The van der Waals surface area contributed by atoms with E-state index < -0.39 is 0 Å². The van der Waals surface area contributed by atoms with Crippen LogP contribution < -0.4 is 10.6 Å². The van der Waals surface area contributed by atoms with Gasteiger partial charge in [-0.25, -0.2) is 0 Å². The number of carbonyl (C=O) groups excluding carboxylic acids is 2. The van der Waals surface area contributed by atoms with Gasteiger partial charge in [-0.3, -0.25) is 14.3 Å². The number of nitrogens with zero attached hydrogens (tertiary/aromatic N) is 2. The molecule has 2 amide bonds. The summed E-state index contributed by atoms with van der Waals surface area (Å²) in [6.45, 7) is 2.95. The number of aromatic nitrogens is 2. The number of rotatable bonds is 7. The quantitative estimate of drug-likeness (QED) is 0.634. The summed E-state index contributed by atoms with van der Waals surface area (Å²) < 4.78 is 1.87. The molecule has 1 heterocycles. The molecule has 0 atom stereocenters. The van der Waals surface area contributed by atoms with E-state index in [1.54, 1.807) is 12.3 Å². The van der Waals surface area contributed by atoms with E-state index in [-0.39, 0.29) is 11.8 Å². The van der Waals surface area contributed by atoms with Gasteiger partial charge in [-0.05, 0) is 28.8 Å². The molecule has 27 heavy (non-hydrogen) atoms. The van der Waals surface area contributed by atoms with Gasteiger partial charge >= 0.3 is 0 Å². The van der Waals surface area contributed by atoms with Gasteiger partial charge in [0.05, 0.1) is 6.54 Å². The van der Waals surface area contributed by atoms with Gasteiger partial charge in [0.25, 0.3) is 5.91 Å². The molecule has 0 unspecified atom stereocenters. The molecular weight excluding hydrogens is 340 g/mol. The molecule has 0 aliphatic heterocycles. The summed E-state index contributed by atoms with van der Waals surface area (Å²) in [6.07, 6.45) is 3.68. The SMILES string of the molecule is CC(=O)NCCNC(=O)c1ccccc1-c1ccc(Cn2cccn2)cc1. The van der Waals surface area contributed by atoms with Crippen LogP contribution in [0.3, 0.4) is 0 Å². The summed E-state index contributed by atoms with van der Waals surface area (Å²) in [6, 6.07) is 17.5. The van der Waals surface area contributed by atoms with Crippen molar-refractivity contribution in [2.45, 2.75) is 13.5 Å². The fourth-order valence-electron chi connectivity index (χ4n) is 2.81. The van der Waals surface area contributed by atoms with Gasteiger partial charge in [-0.2, -0.15) is 5.10 Å². The second-order valence-corrected chi connectivity index (χ2v) is 6.19. The molecule has 1 aromatic heterocycles. The van der Waals surface area contributed by atoms with Gasteiger partial charge < -0.3 is 10.6 Å². The first kappa shape index (κ1) is 18.4. The van der Waals surface area contributed by atoms with Crippen molar-refractivity contribution >= 4 is 11.8 Å². The molecule has 0 spiro atoms. The number of carbonyl (C=O) groups is 2. The highest BCUT2D eigenvalue weighted by Gasteiger charge is 2.12. The molecule has 0 fully saturated rings. The smallest absolute Gasteiger partial charge is 0.251 e. The zero-order valence-electron chi connectivity index (χ0n) is 15.2. The molecule has 0 bridgehead atoms. The molecule has 2 aromatic carbocycles. The lowest BCUT2D eigenvalue weighted by atomic mass is 9.98. The maximum absolute atomic E-state index is 12.5. The second kappa shape index (κ2) is 8.80. The Morgan fingerprint density at radius 2 is 1.70 bits per heavy atom. The number of benzene rings is 2. The molecule has 0 saturated heterocycles. The molecule has 6 heteroatoms. The number of amides is 2. The highest BCUT2D eigenvalue weighted by Crippen LogP contribution is 2.24. The zero-order valence-corrected chi connectivity index (χ0v) is 15.2. The summed E-state index contributed by atoms with van der Waals surface area (Å²) in [4.78, 5) is 23.4. The van der Waals surface area contributed by atoms with E-state index in [2.05, 4.69) is 15.7 Å². The largest absolute Gasteiger partial charge is 0.355 e. The third kappa shape index (κ3) is 5.04. The lowest BCUT2D eigenvalue weighted by Crippen LogP contribution is -2.33. The van der Waals surface area contributed by atoms with Crippen LogP contribution >= 0.6 is 0 Å². The minimum absolute atomic E-state index is 0.111. The van der Waals surface area contributed by atoms with Crippen LogP contribution in [0.15, 0.2) is 67.0 Å². The fraction of sp³-hybridized carbons (Fsp3) is 0.190. The van der Waals surface area contributed by atoms with Crippen LogP contribution in [0.1, 0.15) is 22.8 Å². The van der Waals surface area contributed by atoms with Crippen molar-refractivity contribution in [3.05, 3.63) is 78.1 Å². The van der Waals surface area contributed by atoms with Crippen LogP contribution in [-0.2, 0) is 11.3 Å². The standard InChI is InChI=1S/C21H22N4O2/c1-16(26)22-12-13-23-21(27)20-6-3-2-5-19(20)18-9-7-17(8-10-18)15-25-14-4-11-24-25/h2-11,14H,12-13,15H2,1H3,(H,22,26)(H,23,27). The van der Waals surface area contributed by atoms with Crippen molar-refractivity contribution in [2.75, 3.05) is 13.1 Å². The van der Waals surface area contributed by atoms with Crippen molar-refractivity contribution in [1.29, 1.82) is 0 Å². The van der Waals surface area contributed by atoms with Gasteiger partial charge in [-0.1, -0.05) is 42.5 Å². The van der Waals surface area contributed by atoms with Crippen LogP contribution in [0.2, 0.25) is 0 Å². The number of nitrogens with one attached hydrogen (secondary N) is 2. The normalized spacial score (nSPS) is 10.4. The summed E-state index contributed by atoms with van der Waals surface area (Å²) in [7, 11) is 0. The number of hydrogen-bond donors (Lipinski definition) is 2. The molecule has 3 aromatic rings. The Kier molecular flexibility index (Phi) is 5.99. The van der Waals surface area contributed by atoms with Gasteiger partial charge in [0.2, 0.25) is 5.91 Å². The van der Waals surface area contributed by atoms with Crippen molar-refractivity contribution in [3.63, 3.8) is 0 Å². The molecule has 6 nitrogen and oxygen atoms in total. The lowest BCUT2D eigenvalue weighted by Gasteiger charge is -2.11. The second-order valence-electron chi connectivity index (χ2n) is 6.19. The fourth-order valence-corrected chi connectivity index (χ4v) is 2.81. The third-order valence-corrected chi connectivity index (χ3v) is 4.12. The average molecular weight is 362 g/mol. The van der Waals surface area contributed by atoms with E-state index in [4.69, 9.17) is 0 Å². The van der Waals surface area contributed by atoms with Crippen molar-refractivity contribution < 1.29 is 9.59 Å². The Bertz CT molecular complexity index is 902. The highest BCUT2D eigenvalue weighted by molar-refractivity contribution is 6.00. The Morgan fingerprint density at radius 1 is 0.963 bits per heavy atom. The minimum Gasteiger partial charge on any atom is -0.355 e. The Morgan fingerprint density at radius 3 is 2.41 bits per heavy atom. The van der Waals surface area contributed by atoms with E-state index in [0.29, 0.717) is 25.2 Å². The monoisotopic (exact) mass is 362 g/mol. The Balaban J connectivity index is 1.71. The first-order chi connectivity index (χ1) is 13.1. The molecule has 0 radical (unpaired) electrons. The molecule has 3 rings (SSSR count). The highest BCUT2D eigenvalue weighted by atomic mass is 16.2. The van der Waals surface area contributed by atoms with E-state index in [9.17, 15) is 9.59 Å². The van der Waals surface area contributed by atoms with Gasteiger partial charge in [-0.15, -0.1) is 0 Å². The maximum atomic E-state index is 12.5. The van der Waals surface area contributed by atoms with E-state index in [1.807, 2.05) is 59.4 Å². The molecule has 2 N–H and O–H groups in total. The van der Waals surface area contributed by atoms with Gasteiger partial charge in [0.15, 0.2) is 0 Å². The summed E-state index contributed by atoms with van der Waals surface area (Å²) >= 11 is 0. The first-order valence-electron chi connectivity index (χ1n) is 8.82. The molecule has 0 aliphatic rings. The van der Waals surface area contributed by atoms with Crippen LogP contribution in [0.5, 0.6) is 0 Å². The van der Waals surface area contributed by atoms with E-state index in [0.717, 1.165) is 16.7 Å². The van der Waals surface area contributed by atoms with Crippen LogP contribution in [-0.4, -0.2) is 34.7 Å². The van der Waals surface area contributed by atoms with Crippen molar-refractivity contribution in [2.24, 2.45) is 0 Å². The topological polar surface area (TPSA) is 76.0 Å². The maximum Gasteiger partial charge on any atom is 0.251 e. The predicted octanol–water partition coefficient (Wildman–Crippen LogP) is 2.46. The minimum atomic E-state index is -0.156. The molecule has 0 aliphatic carbocycles. The molecule has 0 saturated carbocycles. The van der Waals surface area contributed by atoms with Crippen LogP contribution in [0, 0.1) is 0 Å². The molecular formula is C21H22N4O2. The van der Waals surface area contributed by atoms with Crippen molar-refractivity contribution in [1.82, 2.24) is 20.4 Å². The summed E-state index contributed by atoms with van der Waals surface area (Å²) in [5, 5.41) is 9.72. The Hall–Kier alpha value is -3.41. The van der Waals surface area contributed by atoms with Gasteiger partial charge in [0.1, 0.15) is 0 Å². The van der Waals surface area contributed by atoms with Crippen molar-refractivity contribution in [3.8, 4) is 11.1 Å². The first-order valence-corrected chi connectivity index (χ1v) is 8.82. The molecule has 138 valence electrons. The van der Waals surface area contributed by atoms with Gasteiger partial charge in [0, 0.05) is 38.0 Å². The summed E-state index contributed by atoms with van der Waals surface area (Å²) in [5.74, 6) is -0.267. The zero-order chi connectivity index (χ0) is 19.1. The third-order valence-electron chi connectivity index (χ3n) is 4.12. The van der Waals surface area contributed by atoms with E-state index in [1.165, 1.54) is 6.92 Å². The van der Waals surface area contributed by atoms with Crippen LogP contribution in [0.4, 0.5) is 0 Å².